The summed E-state index contributed by atoms with van der Waals surface area (Å²) in [5, 5.41) is 9.00. The van der Waals surface area contributed by atoms with Gasteiger partial charge in [0.2, 0.25) is 0 Å². The fourth-order valence-electron chi connectivity index (χ4n) is 4.17. The summed E-state index contributed by atoms with van der Waals surface area (Å²) in [6.45, 7) is 5.31. The molecule has 0 amide bonds. The summed E-state index contributed by atoms with van der Waals surface area (Å²) < 4.78 is 2.24. The number of carbonyl (C=O) groups is 1. The van der Waals surface area contributed by atoms with Crippen molar-refractivity contribution in [3.8, 4) is 0 Å². The Hall–Kier alpha value is -1.36. The Morgan fingerprint density at radius 3 is 2.62 bits per heavy atom. The predicted octanol–water partition coefficient (Wildman–Crippen LogP) is 2.68. The van der Waals surface area contributed by atoms with Gasteiger partial charge in [0.05, 0.1) is 12.0 Å². The van der Waals surface area contributed by atoms with Crippen molar-refractivity contribution in [3.05, 3.63) is 18.2 Å². The summed E-state index contributed by atoms with van der Waals surface area (Å²) in [5.41, 5.74) is 1.28. The summed E-state index contributed by atoms with van der Waals surface area (Å²) in [6.07, 6.45) is 8.75. The van der Waals surface area contributed by atoms with Crippen LogP contribution in [-0.2, 0) is 11.3 Å². The average molecular weight is 291 g/mol. The molecule has 3 rings (SSSR count). The lowest BCUT2D eigenvalue weighted by molar-refractivity contribution is -0.138. The molecule has 21 heavy (non-hydrogen) atoms. The van der Waals surface area contributed by atoms with Gasteiger partial charge in [-0.1, -0.05) is 0 Å². The molecule has 2 unspecified atom stereocenters. The number of piperidine rings is 1. The lowest BCUT2D eigenvalue weighted by atomic mass is 9.88. The third-order valence-corrected chi connectivity index (χ3v) is 5.09. The molecule has 3 heterocycles. The Kier molecular flexibility index (Phi) is 4.02. The first-order valence-corrected chi connectivity index (χ1v) is 8.02. The second kappa shape index (κ2) is 5.79. The molecule has 2 aliphatic rings. The van der Waals surface area contributed by atoms with Gasteiger partial charge in [-0.2, -0.15) is 0 Å². The van der Waals surface area contributed by atoms with Crippen LogP contribution >= 0.6 is 0 Å². The minimum atomic E-state index is -0.647. The third-order valence-electron chi connectivity index (χ3n) is 5.09. The van der Waals surface area contributed by atoms with E-state index in [0.717, 1.165) is 19.4 Å². The number of aliphatic carboxylic acids is 1. The third kappa shape index (κ3) is 2.98. The van der Waals surface area contributed by atoms with Gasteiger partial charge >= 0.3 is 5.97 Å². The molecule has 0 saturated carbocycles. The van der Waals surface area contributed by atoms with E-state index in [0.29, 0.717) is 30.5 Å². The highest BCUT2D eigenvalue weighted by atomic mass is 16.4. The molecular weight excluding hydrogens is 266 g/mol. The maximum Gasteiger partial charge on any atom is 0.303 e. The summed E-state index contributed by atoms with van der Waals surface area (Å²) >= 11 is 0. The van der Waals surface area contributed by atoms with Gasteiger partial charge in [-0.3, -0.25) is 9.69 Å². The van der Waals surface area contributed by atoms with Crippen LogP contribution in [-0.4, -0.2) is 37.6 Å². The number of hydrogen-bond donors (Lipinski definition) is 1. The van der Waals surface area contributed by atoms with Crippen molar-refractivity contribution in [2.24, 2.45) is 5.92 Å². The second-order valence-electron chi connectivity index (χ2n) is 6.88. The van der Waals surface area contributed by atoms with Crippen LogP contribution in [0.25, 0.3) is 0 Å². The molecule has 2 atom stereocenters. The molecule has 1 N–H and O–H groups in total. The number of carboxylic acid groups (broad SMARTS) is 1. The van der Waals surface area contributed by atoms with Crippen molar-refractivity contribution in [3.63, 3.8) is 0 Å². The first-order chi connectivity index (χ1) is 10.0. The number of carboxylic acids is 1. The molecule has 5 nitrogen and oxygen atoms in total. The van der Waals surface area contributed by atoms with Crippen molar-refractivity contribution in [1.82, 2.24) is 14.5 Å². The van der Waals surface area contributed by atoms with Crippen LogP contribution < -0.4 is 0 Å². The molecule has 2 aliphatic heterocycles. The highest BCUT2D eigenvalue weighted by Gasteiger charge is 2.41. The van der Waals surface area contributed by atoms with Crippen molar-refractivity contribution < 1.29 is 9.90 Å². The lowest BCUT2D eigenvalue weighted by Gasteiger charge is -2.38. The lowest BCUT2D eigenvalue weighted by Crippen LogP contribution is -2.43. The van der Waals surface area contributed by atoms with Crippen LogP contribution in [0.5, 0.6) is 0 Å². The van der Waals surface area contributed by atoms with Gasteiger partial charge in [-0.05, 0) is 45.4 Å². The van der Waals surface area contributed by atoms with Crippen LogP contribution in [0, 0.1) is 5.92 Å². The number of imidazole rings is 1. The van der Waals surface area contributed by atoms with Crippen molar-refractivity contribution in [2.45, 2.75) is 70.6 Å². The highest BCUT2D eigenvalue weighted by Crippen LogP contribution is 2.40. The van der Waals surface area contributed by atoms with Crippen LogP contribution in [0.4, 0.5) is 0 Å². The van der Waals surface area contributed by atoms with Crippen LogP contribution in [0.3, 0.4) is 0 Å². The Labute approximate surface area is 126 Å². The van der Waals surface area contributed by atoms with Gasteiger partial charge < -0.3 is 9.67 Å². The number of fused-ring (bicyclic) bond motifs is 2. The molecule has 0 aromatic carbocycles. The molecule has 2 saturated heterocycles. The molecule has 116 valence electrons. The van der Waals surface area contributed by atoms with E-state index in [4.69, 9.17) is 5.11 Å². The van der Waals surface area contributed by atoms with Gasteiger partial charge in [-0.25, -0.2) is 4.98 Å². The Bertz CT molecular complexity index is 497. The number of aromatic nitrogens is 2. The van der Waals surface area contributed by atoms with E-state index >= 15 is 0 Å². The van der Waals surface area contributed by atoms with Crippen molar-refractivity contribution >= 4 is 5.97 Å². The van der Waals surface area contributed by atoms with Crippen LogP contribution in [0.15, 0.2) is 12.5 Å². The van der Waals surface area contributed by atoms with Gasteiger partial charge in [-0.15, -0.1) is 0 Å². The first-order valence-electron chi connectivity index (χ1n) is 8.02. The summed E-state index contributed by atoms with van der Waals surface area (Å²) in [6, 6.07) is 1.55. The molecule has 1 aromatic heterocycles. The molecule has 2 bridgehead atoms. The zero-order valence-corrected chi connectivity index (χ0v) is 12.9. The first kappa shape index (κ1) is 14.6. The average Bonchev–Trinajstić information content (AvgIpc) is 2.94. The topological polar surface area (TPSA) is 58.4 Å². The zero-order valence-electron chi connectivity index (χ0n) is 12.9. The van der Waals surface area contributed by atoms with E-state index < -0.39 is 5.97 Å². The molecule has 0 radical (unpaired) electrons. The van der Waals surface area contributed by atoms with Gasteiger partial charge in [0.15, 0.2) is 0 Å². The van der Waals surface area contributed by atoms with Crippen LogP contribution in [0.2, 0.25) is 0 Å². The Morgan fingerprint density at radius 2 is 2.05 bits per heavy atom. The van der Waals surface area contributed by atoms with Gasteiger partial charge in [0.1, 0.15) is 0 Å². The minimum Gasteiger partial charge on any atom is -0.481 e. The quantitative estimate of drug-likeness (QED) is 0.906. The summed E-state index contributed by atoms with van der Waals surface area (Å²) in [5.74, 6) is -0.281. The van der Waals surface area contributed by atoms with Crippen molar-refractivity contribution in [1.29, 1.82) is 0 Å². The van der Waals surface area contributed by atoms with E-state index in [9.17, 15) is 4.79 Å². The monoisotopic (exact) mass is 291 g/mol. The Morgan fingerprint density at radius 1 is 1.38 bits per heavy atom. The fraction of sp³-hybridized carbons (Fsp3) is 0.750. The highest BCUT2D eigenvalue weighted by molar-refractivity contribution is 5.67. The zero-order chi connectivity index (χ0) is 15.0. The molecular formula is C16H25N3O2. The van der Waals surface area contributed by atoms with Gasteiger partial charge in [0, 0.05) is 37.3 Å². The van der Waals surface area contributed by atoms with Crippen molar-refractivity contribution in [2.75, 3.05) is 0 Å². The SMILES string of the molecule is CC(C)n1cncc1CN1C2CCC1CC(CC(=O)O)C2. The molecule has 0 aliphatic carbocycles. The Balaban J connectivity index is 1.68. The van der Waals surface area contributed by atoms with E-state index in [1.807, 2.05) is 12.5 Å². The largest absolute Gasteiger partial charge is 0.481 e. The van der Waals surface area contributed by atoms with E-state index in [1.54, 1.807) is 0 Å². The smallest absolute Gasteiger partial charge is 0.303 e. The number of nitrogens with zero attached hydrogens (tertiary/aromatic N) is 3. The summed E-state index contributed by atoms with van der Waals surface area (Å²) in [4.78, 5) is 17.8. The van der Waals surface area contributed by atoms with Crippen LogP contribution in [0.1, 0.15) is 57.7 Å². The van der Waals surface area contributed by atoms with E-state index in [1.165, 1.54) is 18.5 Å². The van der Waals surface area contributed by atoms with E-state index in [-0.39, 0.29) is 0 Å². The fourth-order valence-corrected chi connectivity index (χ4v) is 4.17. The molecule has 2 fully saturated rings. The maximum absolute atomic E-state index is 10.9. The number of hydrogen-bond acceptors (Lipinski definition) is 3. The normalized spacial score (nSPS) is 29.2. The molecule has 5 heteroatoms. The minimum absolute atomic E-state index is 0.338. The second-order valence-corrected chi connectivity index (χ2v) is 6.88. The standard InChI is InChI=1S/C16H25N3O2/c1-11(2)19-10-17-8-15(19)9-18-13-3-4-14(18)6-12(5-13)7-16(20)21/h8,10-14H,3-7,9H2,1-2H3,(H,20,21). The summed E-state index contributed by atoms with van der Waals surface area (Å²) in [7, 11) is 0. The van der Waals surface area contributed by atoms with E-state index in [2.05, 4.69) is 28.3 Å². The molecule has 1 aromatic rings. The predicted molar refractivity (Wildman–Crippen MR) is 79.9 cm³/mol. The molecule has 0 spiro atoms. The number of rotatable bonds is 5. The van der Waals surface area contributed by atoms with Gasteiger partial charge in [0.25, 0.3) is 0 Å². The maximum atomic E-state index is 10.9.